The molecular weight excluding hydrogens is 220 g/mol. The van der Waals surface area contributed by atoms with E-state index in [2.05, 4.69) is 10.3 Å². The van der Waals surface area contributed by atoms with E-state index in [4.69, 9.17) is 9.84 Å². The molecule has 92 valence electrons. The van der Waals surface area contributed by atoms with Gasteiger partial charge in [-0.2, -0.15) is 0 Å². The van der Waals surface area contributed by atoms with Gasteiger partial charge in [0.15, 0.2) is 0 Å². The van der Waals surface area contributed by atoms with E-state index >= 15 is 0 Å². The second-order valence-corrected chi connectivity index (χ2v) is 4.15. The van der Waals surface area contributed by atoms with Crippen LogP contribution in [0.3, 0.4) is 0 Å². The molecule has 1 aromatic heterocycles. The van der Waals surface area contributed by atoms with Gasteiger partial charge in [0.1, 0.15) is 11.4 Å². The Labute approximate surface area is 99.8 Å². The smallest absolute Gasteiger partial charge is 0.339 e. The summed E-state index contributed by atoms with van der Waals surface area (Å²) in [5.41, 5.74) is 0.218. The predicted molar refractivity (Wildman–Crippen MR) is 63.2 cm³/mol. The molecule has 17 heavy (non-hydrogen) atoms. The predicted octanol–water partition coefficient (Wildman–Crippen LogP) is 1.62. The fourth-order valence-corrected chi connectivity index (χ4v) is 1.92. The second-order valence-electron chi connectivity index (χ2n) is 4.15. The van der Waals surface area contributed by atoms with Gasteiger partial charge in [0, 0.05) is 26.0 Å². The molecule has 0 amide bonds. The maximum atomic E-state index is 10.9. The molecule has 1 fully saturated rings. The Kier molecular flexibility index (Phi) is 3.93. The number of carbonyl (C=O) groups is 1. The Morgan fingerprint density at radius 3 is 3.24 bits per heavy atom. The normalized spacial score (nSPS) is 19.2. The molecule has 0 aliphatic carbocycles. The van der Waals surface area contributed by atoms with E-state index in [9.17, 15) is 4.79 Å². The first kappa shape index (κ1) is 11.9. The third-order valence-electron chi connectivity index (χ3n) is 2.91. The number of aromatic carboxylic acids is 1. The van der Waals surface area contributed by atoms with Crippen molar-refractivity contribution in [2.75, 3.05) is 25.1 Å². The van der Waals surface area contributed by atoms with Crippen molar-refractivity contribution < 1.29 is 14.6 Å². The van der Waals surface area contributed by atoms with Crippen molar-refractivity contribution in [2.24, 2.45) is 5.92 Å². The number of carboxylic acids is 1. The fourth-order valence-electron chi connectivity index (χ4n) is 1.92. The number of hydrogen-bond acceptors (Lipinski definition) is 4. The Hall–Kier alpha value is -1.62. The SMILES string of the molecule is O=C(O)c1cccnc1NCCC1CCOC1. The second kappa shape index (κ2) is 5.63. The molecule has 1 atom stereocenters. The molecule has 1 saturated heterocycles. The van der Waals surface area contributed by atoms with Gasteiger partial charge >= 0.3 is 5.97 Å². The summed E-state index contributed by atoms with van der Waals surface area (Å²) < 4.78 is 5.28. The van der Waals surface area contributed by atoms with Crippen LogP contribution in [0.4, 0.5) is 5.82 Å². The molecule has 1 aliphatic rings. The van der Waals surface area contributed by atoms with E-state index in [1.807, 2.05) is 0 Å². The Bertz CT molecular complexity index is 389. The number of ether oxygens (including phenoxy) is 1. The van der Waals surface area contributed by atoms with E-state index in [1.165, 1.54) is 0 Å². The van der Waals surface area contributed by atoms with Crippen molar-refractivity contribution in [1.82, 2.24) is 4.98 Å². The lowest BCUT2D eigenvalue weighted by atomic mass is 10.1. The summed E-state index contributed by atoms with van der Waals surface area (Å²) >= 11 is 0. The van der Waals surface area contributed by atoms with Crippen molar-refractivity contribution >= 4 is 11.8 Å². The minimum absolute atomic E-state index is 0.218. The molecule has 0 bridgehead atoms. The van der Waals surface area contributed by atoms with E-state index in [-0.39, 0.29) is 5.56 Å². The molecule has 5 heteroatoms. The Morgan fingerprint density at radius 2 is 2.53 bits per heavy atom. The van der Waals surface area contributed by atoms with Gasteiger partial charge in [-0.15, -0.1) is 0 Å². The number of nitrogens with one attached hydrogen (secondary N) is 1. The molecule has 5 nitrogen and oxygen atoms in total. The summed E-state index contributed by atoms with van der Waals surface area (Å²) in [5.74, 6) is 0.0724. The van der Waals surface area contributed by atoms with Crippen molar-refractivity contribution in [3.8, 4) is 0 Å². The third-order valence-corrected chi connectivity index (χ3v) is 2.91. The average Bonchev–Trinajstić information content (AvgIpc) is 2.82. The summed E-state index contributed by atoms with van der Waals surface area (Å²) in [4.78, 5) is 15.0. The van der Waals surface area contributed by atoms with Gasteiger partial charge in [0.05, 0.1) is 0 Å². The van der Waals surface area contributed by atoms with E-state index in [0.29, 0.717) is 11.7 Å². The summed E-state index contributed by atoms with van der Waals surface area (Å²) in [6.07, 6.45) is 3.67. The number of hydrogen-bond donors (Lipinski definition) is 2. The highest BCUT2D eigenvalue weighted by atomic mass is 16.5. The minimum Gasteiger partial charge on any atom is -0.478 e. The number of aromatic nitrogens is 1. The van der Waals surface area contributed by atoms with Crippen LogP contribution in [0, 0.1) is 5.92 Å². The highest BCUT2D eigenvalue weighted by molar-refractivity contribution is 5.92. The molecule has 1 unspecified atom stereocenters. The standard InChI is InChI=1S/C12H16N2O3/c15-12(16)10-2-1-5-13-11(10)14-6-3-9-4-7-17-8-9/h1-2,5,9H,3-4,6-8H2,(H,13,14)(H,15,16). The maximum absolute atomic E-state index is 10.9. The molecule has 2 N–H and O–H groups in total. The summed E-state index contributed by atoms with van der Waals surface area (Å²) in [5, 5.41) is 12.1. The molecular formula is C12H16N2O3. The summed E-state index contributed by atoms with van der Waals surface area (Å²) in [6, 6.07) is 3.18. The highest BCUT2D eigenvalue weighted by Gasteiger charge is 2.15. The van der Waals surface area contributed by atoms with Crippen molar-refractivity contribution in [2.45, 2.75) is 12.8 Å². The molecule has 0 saturated carbocycles. The Morgan fingerprint density at radius 1 is 1.65 bits per heavy atom. The zero-order chi connectivity index (χ0) is 12.1. The van der Waals surface area contributed by atoms with Gasteiger partial charge in [-0.25, -0.2) is 9.78 Å². The van der Waals surface area contributed by atoms with Crippen LogP contribution in [-0.4, -0.2) is 35.8 Å². The number of carboxylic acid groups (broad SMARTS) is 1. The van der Waals surface area contributed by atoms with Crippen LogP contribution >= 0.6 is 0 Å². The molecule has 1 aliphatic heterocycles. The minimum atomic E-state index is -0.954. The number of rotatable bonds is 5. The summed E-state index contributed by atoms with van der Waals surface area (Å²) in [6.45, 7) is 2.38. The van der Waals surface area contributed by atoms with E-state index in [1.54, 1.807) is 18.3 Å². The summed E-state index contributed by atoms with van der Waals surface area (Å²) in [7, 11) is 0. The topological polar surface area (TPSA) is 71.5 Å². The van der Waals surface area contributed by atoms with Gasteiger partial charge < -0.3 is 15.2 Å². The molecule has 0 radical (unpaired) electrons. The molecule has 2 rings (SSSR count). The van der Waals surface area contributed by atoms with E-state index < -0.39 is 5.97 Å². The molecule has 1 aromatic rings. The van der Waals surface area contributed by atoms with Gasteiger partial charge in [-0.1, -0.05) is 0 Å². The van der Waals surface area contributed by atoms with Crippen LogP contribution in [0.5, 0.6) is 0 Å². The van der Waals surface area contributed by atoms with Crippen molar-refractivity contribution in [3.63, 3.8) is 0 Å². The van der Waals surface area contributed by atoms with E-state index in [0.717, 1.165) is 32.6 Å². The Balaban J connectivity index is 1.87. The van der Waals surface area contributed by atoms with Gasteiger partial charge in [0.2, 0.25) is 0 Å². The lowest BCUT2D eigenvalue weighted by Crippen LogP contribution is -2.12. The zero-order valence-electron chi connectivity index (χ0n) is 9.56. The third kappa shape index (κ3) is 3.17. The highest BCUT2D eigenvalue weighted by Crippen LogP contribution is 2.17. The van der Waals surface area contributed by atoms with Crippen molar-refractivity contribution in [3.05, 3.63) is 23.9 Å². The molecule has 2 heterocycles. The first-order chi connectivity index (χ1) is 8.27. The zero-order valence-corrected chi connectivity index (χ0v) is 9.56. The lowest BCUT2D eigenvalue weighted by molar-refractivity contribution is 0.0697. The van der Waals surface area contributed by atoms with Crippen LogP contribution in [0.25, 0.3) is 0 Å². The number of pyridine rings is 1. The number of anilines is 1. The maximum Gasteiger partial charge on any atom is 0.339 e. The first-order valence-corrected chi connectivity index (χ1v) is 5.77. The number of nitrogens with zero attached hydrogens (tertiary/aromatic N) is 1. The van der Waals surface area contributed by atoms with Gasteiger partial charge in [0.25, 0.3) is 0 Å². The van der Waals surface area contributed by atoms with Crippen LogP contribution in [0.1, 0.15) is 23.2 Å². The lowest BCUT2D eigenvalue weighted by Gasteiger charge is -2.10. The monoisotopic (exact) mass is 236 g/mol. The van der Waals surface area contributed by atoms with Gasteiger partial charge in [-0.05, 0) is 30.9 Å². The largest absolute Gasteiger partial charge is 0.478 e. The van der Waals surface area contributed by atoms with Crippen LogP contribution in [-0.2, 0) is 4.74 Å². The first-order valence-electron chi connectivity index (χ1n) is 5.77. The molecule has 0 aromatic carbocycles. The van der Waals surface area contributed by atoms with Crippen molar-refractivity contribution in [1.29, 1.82) is 0 Å². The van der Waals surface area contributed by atoms with Crippen LogP contribution in [0.2, 0.25) is 0 Å². The fraction of sp³-hybridized carbons (Fsp3) is 0.500. The quantitative estimate of drug-likeness (QED) is 0.812. The van der Waals surface area contributed by atoms with Crippen LogP contribution < -0.4 is 5.32 Å². The average molecular weight is 236 g/mol. The molecule has 0 spiro atoms. The van der Waals surface area contributed by atoms with Gasteiger partial charge in [-0.3, -0.25) is 0 Å². The van der Waals surface area contributed by atoms with Crippen LogP contribution in [0.15, 0.2) is 18.3 Å².